The van der Waals surface area contributed by atoms with Gasteiger partial charge in [0.1, 0.15) is 5.25 Å². The molecule has 24 heavy (non-hydrogen) atoms. The van der Waals surface area contributed by atoms with Gasteiger partial charge in [-0.3, -0.25) is 0 Å². The van der Waals surface area contributed by atoms with Crippen LogP contribution in [0.2, 0.25) is 0 Å². The van der Waals surface area contributed by atoms with Gasteiger partial charge in [-0.15, -0.1) is 0 Å². The second-order valence-corrected chi connectivity index (χ2v) is 9.57. The fraction of sp³-hybridized carbons (Fsp3) is 0.684. The van der Waals surface area contributed by atoms with Crippen LogP contribution in [0.5, 0.6) is 0 Å². The van der Waals surface area contributed by atoms with Crippen molar-refractivity contribution in [1.82, 2.24) is 0 Å². The molecule has 1 aromatic rings. The zero-order valence-electron chi connectivity index (χ0n) is 14.2. The molecule has 1 spiro atoms. The van der Waals surface area contributed by atoms with E-state index in [2.05, 4.69) is 0 Å². The van der Waals surface area contributed by atoms with E-state index >= 15 is 0 Å². The maximum Gasteiger partial charge on any atom is 0.186 e. The van der Waals surface area contributed by atoms with Crippen LogP contribution in [0.4, 0.5) is 0 Å². The Labute approximate surface area is 144 Å². The average molecular weight is 350 g/mol. The Morgan fingerprint density at radius 3 is 2.50 bits per heavy atom. The minimum absolute atomic E-state index is 0.0297. The van der Waals surface area contributed by atoms with Crippen molar-refractivity contribution >= 4 is 9.84 Å². The number of fused-ring (bicyclic) bond motifs is 1. The Morgan fingerprint density at radius 2 is 1.79 bits per heavy atom. The third-order valence-corrected chi connectivity index (χ3v) is 8.18. The van der Waals surface area contributed by atoms with Gasteiger partial charge in [0.25, 0.3) is 0 Å². The van der Waals surface area contributed by atoms with Gasteiger partial charge in [0.2, 0.25) is 0 Å². The second-order valence-electron chi connectivity index (χ2n) is 7.50. The molecule has 1 aliphatic carbocycles. The maximum atomic E-state index is 13.5. The highest BCUT2D eigenvalue weighted by molar-refractivity contribution is 7.92. The van der Waals surface area contributed by atoms with Crippen LogP contribution < -0.4 is 0 Å². The molecule has 3 fully saturated rings. The quantitative estimate of drug-likeness (QED) is 0.817. The molecule has 5 heteroatoms. The summed E-state index contributed by atoms with van der Waals surface area (Å²) in [7, 11) is -3.48. The molecule has 3 aliphatic rings. The SMILES string of the molecule is Cc1ccc(S(=O)(=O)[C@H]2[C@@H]3CCCC[C@H]3O[C@@]23CCCCO3)cc1. The number of sulfone groups is 1. The Balaban J connectivity index is 1.77. The lowest BCUT2D eigenvalue weighted by molar-refractivity contribution is -0.244. The highest BCUT2D eigenvalue weighted by Gasteiger charge is 2.61. The van der Waals surface area contributed by atoms with Gasteiger partial charge in [-0.05, 0) is 44.7 Å². The molecule has 2 saturated heterocycles. The first-order chi connectivity index (χ1) is 11.5. The lowest BCUT2D eigenvalue weighted by Crippen LogP contribution is -2.50. The van der Waals surface area contributed by atoms with Crippen LogP contribution in [-0.2, 0) is 19.3 Å². The first-order valence-corrected chi connectivity index (χ1v) is 10.7. The molecule has 0 N–H and O–H groups in total. The fourth-order valence-electron chi connectivity index (χ4n) is 4.72. The van der Waals surface area contributed by atoms with Gasteiger partial charge in [-0.25, -0.2) is 8.42 Å². The van der Waals surface area contributed by atoms with E-state index in [0.717, 1.165) is 44.1 Å². The predicted molar refractivity (Wildman–Crippen MR) is 91.5 cm³/mol. The number of benzene rings is 1. The minimum atomic E-state index is -3.48. The summed E-state index contributed by atoms with van der Waals surface area (Å²) < 4.78 is 39.4. The molecule has 0 unspecified atom stereocenters. The standard InChI is InChI=1S/C19H26O4S/c1-14-8-10-15(11-9-14)24(20,21)18-16-6-2-3-7-17(16)23-19(18)12-4-5-13-22-19/h8-11,16-18H,2-7,12-13H2,1H3/t16-,17-,18+,19+/m1/s1. The molecule has 0 aromatic heterocycles. The Morgan fingerprint density at radius 1 is 1.04 bits per heavy atom. The average Bonchev–Trinajstić information content (AvgIpc) is 2.89. The molecule has 132 valence electrons. The van der Waals surface area contributed by atoms with Crippen LogP contribution >= 0.6 is 0 Å². The van der Waals surface area contributed by atoms with Crippen molar-refractivity contribution in [3.63, 3.8) is 0 Å². The van der Waals surface area contributed by atoms with Gasteiger partial charge in [0, 0.05) is 12.3 Å². The molecular weight excluding hydrogens is 324 g/mol. The minimum Gasteiger partial charge on any atom is -0.349 e. The van der Waals surface area contributed by atoms with E-state index in [4.69, 9.17) is 9.47 Å². The van der Waals surface area contributed by atoms with Crippen molar-refractivity contribution in [2.45, 2.75) is 73.9 Å². The molecule has 0 radical (unpaired) electrons. The predicted octanol–water partition coefficient (Wildman–Crippen LogP) is 3.62. The molecule has 2 aliphatic heterocycles. The van der Waals surface area contributed by atoms with Crippen molar-refractivity contribution in [2.24, 2.45) is 5.92 Å². The highest BCUT2D eigenvalue weighted by atomic mass is 32.2. The van der Waals surface area contributed by atoms with Gasteiger partial charge in [-0.2, -0.15) is 0 Å². The van der Waals surface area contributed by atoms with Gasteiger partial charge >= 0.3 is 0 Å². The van der Waals surface area contributed by atoms with Crippen LogP contribution in [0.25, 0.3) is 0 Å². The summed E-state index contributed by atoms with van der Waals surface area (Å²) in [5.41, 5.74) is 1.07. The summed E-state index contributed by atoms with van der Waals surface area (Å²) >= 11 is 0. The van der Waals surface area contributed by atoms with Crippen LogP contribution in [0.3, 0.4) is 0 Å². The smallest absolute Gasteiger partial charge is 0.186 e. The largest absolute Gasteiger partial charge is 0.349 e. The van der Waals surface area contributed by atoms with Crippen LogP contribution in [0.1, 0.15) is 50.5 Å². The monoisotopic (exact) mass is 350 g/mol. The molecule has 0 amide bonds. The molecule has 4 atom stereocenters. The number of hydrogen-bond acceptors (Lipinski definition) is 4. The first kappa shape index (κ1) is 16.6. The summed E-state index contributed by atoms with van der Waals surface area (Å²) in [6.45, 7) is 2.57. The van der Waals surface area contributed by atoms with E-state index in [9.17, 15) is 8.42 Å². The van der Waals surface area contributed by atoms with E-state index < -0.39 is 20.9 Å². The summed E-state index contributed by atoms with van der Waals surface area (Å²) in [4.78, 5) is 0.404. The van der Waals surface area contributed by atoms with Crippen molar-refractivity contribution in [3.8, 4) is 0 Å². The van der Waals surface area contributed by atoms with E-state index in [0.29, 0.717) is 17.9 Å². The van der Waals surface area contributed by atoms with Gasteiger partial charge < -0.3 is 9.47 Å². The van der Waals surface area contributed by atoms with Crippen LogP contribution in [0.15, 0.2) is 29.2 Å². The van der Waals surface area contributed by atoms with Crippen LogP contribution in [0, 0.1) is 12.8 Å². The molecule has 0 bridgehead atoms. The van der Waals surface area contributed by atoms with Crippen molar-refractivity contribution in [3.05, 3.63) is 29.8 Å². The maximum absolute atomic E-state index is 13.5. The third-order valence-electron chi connectivity index (χ3n) is 5.88. The molecule has 4 nitrogen and oxygen atoms in total. The van der Waals surface area contributed by atoms with Crippen LogP contribution in [-0.4, -0.2) is 32.2 Å². The number of aryl methyl sites for hydroxylation is 1. The number of hydrogen-bond donors (Lipinski definition) is 0. The van der Waals surface area contributed by atoms with E-state index in [1.165, 1.54) is 0 Å². The molecular formula is C19H26O4S. The number of rotatable bonds is 2. The summed E-state index contributed by atoms with van der Waals surface area (Å²) in [6, 6.07) is 7.21. The van der Waals surface area contributed by atoms with Crippen molar-refractivity contribution in [1.29, 1.82) is 0 Å². The zero-order chi connectivity index (χ0) is 16.8. The zero-order valence-corrected chi connectivity index (χ0v) is 15.1. The third kappa shape index (κ3) is 2.61. The summed E-state index contributed by atoms with van der Waals surface area (Å²) in [6.07, 6.45) is 6.76. The Bertz CT molecular complexity index is 689. The second kappa shape index (κ2) is 6.11. The topological polar surface area (TPSA) is 52.6 Å². The summed E-state index contributed by atoms with van der Waals surface area (Å²) in [5, 5.41) is -0.571. The first-order valence-electron chi connectivity index (χ1n) is 9.15. The van der Waals surface area contributed by atoms with Gasteiger partial charge in [-0.1, -0.05) is 30.5 Å². The fourth-order valence-corrected chi connectivity index (χ4v) is 7.01. The molecule has 1 aromatic carbocycles. The lowest BCUT2D eigenvalue weighted by Gasteiger charge is -2.38. The van der Waals surface area contributed by atoms with E-state index in [1.807, 2.05) is 19.1 Å². The van der Waals surface area contributed by atoms with Gasteiger partial charge in [0.05, 0.1) is 17.6 Å². The van der Waals surface area contributed by atoms with Crippen molar-refractivity contribution < 1.29 is 17.9 Å². The molecule has 4 rings (SSSR count). The van der Waals surface area contributed by atoms with Crippen molar-refractivity contribution in [2.75, 3.05) is 6.61 Å². The Hall–Kier alpha value is -0.910. The van der Waals surface area contributed by atoms with E-state index in [1.54, 1.807) is 12.1 Å². The summed E-state index contributed by atoms with van der Waals surface area (Å²) in [5.74, 6) is -0.870. The van der Waals surface area contributed by atoms with E-state index in [-0.39, 0.29) is 12.0 Å². The Kier molecular flexibility index (Phi) is 4.22. The highest BCUT2D eigenvalue weighted by Crippen LogP contribution is 2.51. The molecule has 1 saturated carbocycles. The van der Waals surface area contributed by atoms with Gasteiger partial charge in [0.15, 0.2) is 15.6 Å². The normalized spacial score (nSPS) is 36.6. The number of ether oxygens (including phenoxy) is 2. The molecule has 2 heterocycles. The lowest BCUT2D eigenvalue weighted by atomic mass is 9.83.